The number of aromatic nitrogens is 3. The molecule has 3 rings (SSSR count). The van der Waals surface area contributed by atoms with Gasteiger partial charge in [0, 0.05) is 50.4 Å². The maximum absolute atomic E-state index is 13.0. The Morgan fingerprint density at radius 2 is 1.80 bits per heavy atom. The Bertz CT molecular complexity index is 917. The number of nitrogens with zero attached hydrogens (tertiary/aromatic N) is 3. The fraction of sp³-hybridized carbons (Fsp3) is 0.316. The molecule has 0 aliphatic carbocycles. The molecular formula is C19H23N3O2Si. The van der Waals surface area contributed by atoms with Crippen LogP contribution in [0.5, 0.6) is 0 Å². The molecule has 25 heavy (non-hydrogen) atoms. The molecule has 0 fully saturated rings. The van der Waals surface area contributed by atoms with E-state index in [1.807, 2.05) is 18.2 Å². The maximum Gasteiger partial charge on any atom is 0.260 e. The lowest BCUT2D eigenvalue weighted by atomic mass is 10.1. The molecule has 0 saturated heterocycles. The summed E-state index contributed by atoms with van der Waals surface area (Å²) < 4.78 is 7.55. The summed E-state index contributed by atoms with van der Waals surface area (Å²) in [6.45, 7) is 7.86. The van der Waals surface area contributed by atoms with Crippen LogP contribution in [0.4, 0.5) is 0 Å². The minimum absolute atomic E-state index is 0.0558. The van der Waals surface area contributed by atoms with E-state index >= 15 is 0 Å². The van der Waals surface area contributed by atoms with Crippen LogP contribution < -0.4 is 5.56 Å². The lowest BCUT2D eigenvalue weighted by Crippen LogP contribution is -2.26. The van der Waals surface area contributed by atoms with E-state index in [0.29, 0.717) is 12.0 Å². The van der Waals surface area contributed by atoms with Crippen LogP contribution in [-0.2, 0) is 11.5 Å². The highest BCUT2D eigenvalue weighted by Crippen LogP contribution is 2.21. The van der Waals surface area contributed by atoms with Crippen LogP contribution in [0.15, 0.2) is 53.8 Å². The van der Waals surface area contributed by atoms with Crippen LogP contribution in [0.3, 0.4) is 0 Å². The molecule has 0 atom stereocenters. The molecule has 0 aliphatic heterocycles. The first-order valence-electron chi connectivity index (χ1n) is 8.41. The van der Waals surface area contributed by atoms with Gasteiger partial charge in [0.05, 0.1) is 11.1 Å². The standard InChI is InChI=1S/C19H23N3O2Si/c1-25(2,3)11-10-24-14-22-18(15-4-7-20-8-5-15)12-16-13-21-9-6-17(16)19(22)23/h4-9,12-13H,10-11,14H2,1-3H3. The summed E-state index contributed by atoms with van der Waals surface area (Å²) >= 11 is 0. The van der Waals surface area contributed by atoms with Crippen molar-refractivity contribution in [1.29, 1.82) is 0 Å². The van der Waals surface area contributed by atoms with Crippen molar-refractivity contribution in [3.63, 3.8) is 0 Å². The van der Waals surface area contributed by atoms with Crippen molar-refractivity contribution in [3.05, 3.63) is 59.4 Å². The van der Waals surface area contributed by atoms with E-state index in [9.17, 15) is 4.79 Å². The summed E-state index contributed by atoms with van der Waals surface area (Å²) in [4.78, 5) is 21.2. The summed E-state index contributed by atoms with van der Waals surface area (Å²) in [6, 6.07) is 8.61. The van der Waals surface area contributed by atoms with Gasteiger partial charge in [0.1, 0.15) is 6.73 Å². The second-order valence-electron chi connectivity index (χ2n) is 7.31. The molecule has 3 aromatic heterocycles. The Morgan fingerprint density at radius 1 is 1.08 bits per heavy atom. The number of fused-ring (bicyclic) bond motifs is 1. The number of hydrogen-bond donors (Lipinski definition) is 0. The third-order valence-corrected chi connectivity index (χ3v) is 5.81. The van der Waals surface area contributed by atoms with Gasteiger partial charge in [-0.3, -0.25) is 19.3 Å². The molecule has 3 heterocycles. The van der Waals surface area contributed by atoms with E-state index in [2.05, 4.69) is 29.6 Å². The van der Waals surface area contributed by atoms with Gasteiger partial charge in [-0.2, -0.15) is 0 Å². The van der Waals surface area contributed by atoms with Gasteiger partial charge in [0.2, 0.25) is 0 Å². The molecule has 5 nitrogen and oxygen atoms in total. The highest BCUT2D eigenvalue weighted by molar-refractivity contribution is 6.76. The Labute approximate surface area is 148 Å². The van der Waals surface area contributed by atoms with Crippen molar-refractivity contribution in [2.45, 2.75) is 32.4 Å². The smallest absolute Gasteiger partial charge is 0.260 e. The third kappa shape index (κ3) is 4.21. The molecule has 0 amide bonds. The van der Waals surface area contributed by atoms with Crippen LogP contribution in [0.25, 0.3) is 22.0 Å². The van der Waals surface area contributed by atoms with Crippen molar-refractivity contribution in [2.24, 2.45) is 0 Å². The second kappa shape index (κ2) is 7.29. The third-order valence-electron chi connectivity index (χ3n) is 4.10. The predicted octanol–water partition coefficient (Wildman–Crippen LogP) is 3.77. The van der Waals surface area contributed by atoms with E-state index in [4.69, 9.17) is 4.74 Å². The van der Waals surface area contributed by atoms with Gasteiger partial charge in [-0.25, -0.2) is 0 Å². The second-order valence-corrected chi connectivity index (χ2v) is 12.9. The molecule has 0 bridgehead atoms. The number of rotatable bonds is 6. The molecule has 0 radical (unpaired) electrons. The fourth-order valence-corrected chi connectivity index (χ4v) is 3.38. The summed E-state index contributed by atoms with van der Waals surface area (Å²) in [7, 11) is -1.16. The van der Waals surface area contributed by atoms with E-state index in [-0.39, 0.29) is 12.3 Å². The first-order chi connectivity index (χ1) is 12.0. The minimum Gasteiger partial charge on any atom is -0.361 e. The topological polar surface area (TPSA) is 57.0 Å². The molecule has 130 valence electrons. The fourth-order valence-electron chi connectivity index (χ4n) is 2.62. The highest BCUT2D eigenvalue weighted by atomic mass is 28.3. The summed E-state index contributed by atoms with van der Waals surface area (Å²) in [5.74, 6) is 0. The SMILES string of the molecule is C[Si](C)(C)CCOCn1c(-c2ccncc2)cc2cnccc2c1=O. The van der Waals surface area contributed by atoms with Crippen molar-refractivity contribution in [3.8, 4) is 11.3 Å². The lowest BCUT2D eigenvalue weighted by Gasteiger charge is -2.18. The molecule has 0 unspecified atom stereocenters. The van der Waals surface area contributed by atoms with E-state index in [0.717, 1.165) is 22.7 Å². The molecule has 0 aliphatic rings. The maximum atomic E-state index is 13.0. The number of hydrogen-bond acceptors (Lipinski definition) is 4. The van der Waals surface area contributed by atoms with Crippen molar-refractivity contribution in [1.82, 2.24) is 14.5 Å². The van der Waals surface area contributed by atoms with Crippen molar-refractivity contribution < 1.29 is 4.74 Å². The molecular weight excluding hydrogens is 330 g/mol. The first kappa shape index (κ1) is 17.5. The Morgan fingerprint density at radius 3 is 2.52 bits per heavy atom. The van der Waals surface area contributed by atoms with Crippen LogP contribution >= 0.6 is 0 Å². The Balaban J connectivity index is 1.99. The monoisotopic (exact) mass is 353 g/mol. The normalized spacial score (nSPS) is 11.8. The summed E-state index contributed by atoms with van der Waals surface area (Å²) in [5.41, 5.74) is 1.70. The average molecular weight is 353 g/mol. The van der Waals surface area contributed by atoms with Gasteiger partial charge < -0.3 is 4.74 Å². The zero-order chi connectivity index (χ0) is 17.9. The van der Waals surface area contributed by atoms with E-state index in [1.54, 1.807) is 35.4 Å². The summed E-state index contributed by atoms with van der Waals surface area (Å²) in [6.07, 6.45) is 6.82. The number of pyridine rings is 3. The van der Waals surface area contributed by atoms with E-state index in [1.165, 1.54) is 0 Å². The van der Waals surface area contributed by atoms with Gasteiger partial charge in [-0.1, -0.05) is 19.6 Å². The van der Waals surface area contributed by atoms with Crippen LogP contribution in [0.1, 0.15) is 0 Å². The molecule has 6 heteroatoms. The predicted molar refractivity (Wildman–Crippen MR) is 103 cm³/mol. The van der Waals surface area contributed by atoms with Gasteiger partial charge in [0.15, 0.2) is 0 Å². The molecule has 3 aromatic rings. The molecule has 0 saturated carbocycles. The van der Waals surface area contributed by atoms with Gasteiger partial charge in [0.25, 0.3) is 5.56 Å². The van der Waals surface area contributed by atoms with Gasteiger partial charge in [-0.05, 0) is 30.3 Å². The zero-order valence-corrected chi connectivity index (χ0v) is 15.9. The van der Waals surface area contributed by atoms with Gasteiger partial charge in [-0.15, -0.1) is 0 Å². The highest BCUT2D eigenvalue weighted by Gasteiger charge is 2.14. The van der Waals surface area contributed by atoms with Crippen molar-refractivity contribution >= 4 is 18.8 Å². The summed E-state index contributed by atoms with van der Waals surface area (Å²) in [5, 5.41) is 1.49. The first-order valence-corrected chi connectivity index (χ1v) is 12.1. The largest absolute Gasteiger partial charge is 0.361 e. The lowest BCUT2D eigenvalue weighted by molar-refractivity contribution is 0.0863. The Hall–Kier alpha value is -2.31. The zero-order valence-electron chi connectivity index (χ0n) is 14.9. The van der Waals surface area contributed by atoms with Crippen molar-refractivity contribution in [2.75, 3.05) is 6.61 Å². The quantitative estimate of drug-likeness (QED) is 0.500. The van der Waals surface area contributed by atoms with E-state index < -0.39 is 8.07 Å². The molecule has 0 aromatic carbocycles. The Kier molecular flexibility index (Phi) is 5.10. The molecule has 0 spiro atoms. The minimum atomic E-state index is -1.16. The van der Waals surface area contributed by atoms with Crippen LogP contribution in [-0.4, -0.2) is 29.2 Å². The average Bonchev–Trinajstić information content (AvgIpc) is 2.60. The van der Waals surface area contributed by atoms with Gasteiger partial charge >= 0.3 is 0 Å². The van der Waals surface area contributed by atoms with Crippen LogP contribution in [0.2, 0.25) is 25.7 Å². The van der Waals surface area contributed by atoms with Crippen LogP contribution in [0, 0.1) is 0 Å². The number of ether oxygens (including phenoxy) is 1. The molecule has 0 N–H and O–H groups in total.